The largest absolute Gasteiger partial charge is 0.396 e. The topological polar surface area (TPSA) is 70.1 Å². The van der Waals surface area contributed by atoms with Gasteiger partial charge in [0.1, 0.15) is 0 Å². The Bertz CT molecular complexity index is 740. The highest BCUT2D eigenvalue weighted by atomic mass is 32.1. The van der Waals surface area contributed by atoms with E-state index in [2.05, 4.69) is 55.4 Å². The Hall–Kier alpha value is -1.50. The number of thiophene rings is 1. The second-order valence-corrected chi connectivity index (χ2v) is 10.0. The average Bonchev–Trinajstić information content (AvgIpc) is 3.01. The molecule has 0 radical (unpaired) electrons. The van der Waals surface area contributed by atoms with Gasteiger partial charge in [0.05, 0.1) is 10.6 Å². The lowest BCUT2D eigenvalue weighted by Crippen LogP contribution is -2.60. The van der Waals surface area contributed by atoms with E-state index >= 15 is 0 Å². The average molecular weight is 389 g/mol. The third-order valence-corrected chi connectivity index (χ3v) is 6.09. The summed E-state index contributed by atoms with van der Waals surface area (Å²) in [5.74, 6) is 0.709. The Morgan fingerprint density at radius 2 is 1.89 bits per heavy atom. The summed E-state index contributed by atoms with van der Waals surface area (Å²) >= 11 is 1.78. The first-order valence-electron chi connectivity index (χ1n) is 9.85. The Kier molecular flexibility index (Phi) is 6.18. The van der Waals surface area contributed by atoms with Crippen molar-refractivity contribution in [2.75, 3.05) is 11.9 Å². The molecular weight excluding hydrogens is 356 g/mol. The number of rotatable bonds is 7. The van der Waals surface area contributed by atoms with E-state index < -0.39 is 0 Å². The van der Waals surface area contributed by atoms with E-state index in [9.17, 15) is 0 Å². The number of aliphatic hydroxyl groups excluding tert-OH is 1. The van der Waals surface area contributed by atoms with E-state index in [4.69, 9.17) is 10.1 Å². The quantitative estimate of drug-likeness (QED) is 0.619. The summed E-state index contributed by atoms with van der Waals surface area (Å²) in [6.07, 6.45) is 6.82. The number of unbranched alkanes of at least 4 members (excludes halogenated alkanes) is 1. The zero-order chi connectivity index (χ0) is 19.5. The molecule has 0 bridgehead atoms. The van der Waals surface area contributed by atoms with Crippen LogP contribution in [0.3, 0.4) is 0 Å². The summed E-state index contributed by atoms with van der Waals surface area (Å²) in [5.41, 5.74) is 1.15. The predicted molar refractivity (Wildman–Crippen MR) is 113 cm³/mol. The van der Waals surface area contributed by atoms with Gasteiger partial charge in [-0.1, -0.05) is 0 Å². The van der Waals surface area contributed by atoms with Gasteiger partial charge in [0.25, 0.3) is 0 Å². The number of hydrogen-bond acceptors (Lipinski definition) is 6. The number of piperidine rings is 1. The van der Waals surface area contributed by atoms with Crippen molar-refractivity contribution < 1.29 is 5.11 Å². The van der Waals surface area contributed by atoms with Crippen LogP contribution < -0.4 is 10.6 Å². The van der Waals surface area contributed by atoms with E-state index in [1.165, 1.54) is 9.75 Å². The summed E-state index contributed by atoms with van der Waals surface area (Å²) in [5, 5.41) is 16.2. The second-order valence-electron chi connectivity index (χ2n) is 8.85. The molecule has 1 aliphatic rings. The number of hydrogen-bond donors (Lipinski definition) is 3. The maximum absolute atomic E-state index is 8.93. The van der Waals surface area contributed by atoms with Gasteiger partial charge in [-0.15, -0.1) is 11.3 Å². The molecule has 3 N–H and O–H groups in total. The molecule has 3 heterocycles. The van der Waals surface area contributed by atoms with Crippen molar-refractivity contribution in [3.63, 3.8) is 0 Å². The van der Waals surface area contributed by atoms with Crippen LogP contribution in [0.4, 0.5) is 5.95 Å². The van der Waals surface area contributed by atoms with Crippen molar-refractivity contribution in [3.05, 3.63) is 29.3 Å². The third-order valence-electron chi connectivity index (χ3n) is 4.92. The molecule has 0 spiro atoms. The van der Waals surface area contributed by atoms with Crippen LogP contribution in [-0.4, -0.2) is 38.8 Å². The van der Waals surface area contributed by atoms with Gasteiger partial charge in [0.2, 0.25) is 5.95 Å². The predicted octanol–water partition coefficient (Wildman–Crippen LogP) is 4.24. The van der Waals surface area contributed by atoms with Crippen LogP contribution in [0.2, 0.25) is 0 Å². The number of aromatic nitrogens is 2. The molecule has 6 heteroatoms. The first-order chi connectivity index (χ1) is 12.8. The molecule has 2 aromatic rings. The summed E-state index contributed by atoms with van der Waals surface area (Å²) in [4.78, 5) is 11.7. The van der Waals surface area contributed by atoms with Crippen LogP contribution in [-0.2, 0) is 6.42 Å². The molecule has 1 aliphatic heterocycles. The van der Waals surface area contributed by atoms with Gasteiger partial charge in [0, 0.05) is 34.8 Å². The lowest BCUT2D eigenvalue weighted by Gasteiger charge is -2.46. The Labute approximate surface area is 166 Å². The molecule has 0 unspecified atom stereocenters. The smallest absolute Gasteiger partial charge is 0.223 e. The molecule has 0 saturated carbocycles. The number of aliphatic hydroxyl groups is 1. The van der Waals surface area contributed by atoms with Crippen molar-refractivity contribution >= 4 is 17.3 Å². The number of nitrogens with one attached hydrogen (secondary N) is 2. The fourth-order valence-electron chi connectivity index (χ4n) is 4.23. The number of aryl methyl sites for hydroxylation is 1. The van der Waals surface area contributed by atoms with Crippen LogP contribution in [0.5, 0.6) is 0 Å². The molecule has 1 fully saturated rings. The van der Waals surface area contributed by atoms with Gasteiger partial charge in [-0.2, -0.15) is 0 Å². The molecule has 5 nitrogen and oxygen atoms in total. The number of anilines is 1. The first kappa shape index (κ1) is 20.2. The molecule has 3 rings (SSSR count). The molecule has 0 atom stereocenters. The third kappa shape index (κ3) is 5.74. The van der Waals surface area contributed by atoms with Gasteiger partial charge >= 0.3 is 0 Å². The monoisotopic (exact) mass is 388 g/mol. The van der Waals surface area contributed by atoms with Crippen LogP contribution in [0.15, 0.2) is 24.4 Å². The van der Waals surface area contributed by atoms with E-state index in [0.717, 1.165) is 37.8 Å². The zero-order valence-corrected chi connectivity index (χ0v) is 17.7. The SMILES string of the molecule is CC1(C)CC(Nc2nccc(-c3ccc(CCCCO)s3)n2)CC(C)(C)N1. The first-order valence-corrected chi connectivity index (χ1v) is 10.7. The van der Waals surface area contributed by atoms with E-state index in [1.807, 2.05) is 12.3 Å². The van der Waals surface area contributed by atoms with Crippen molar-refractivity contribution in [1.29, 1.82) is 0 Å². The summed E-state index contributed by atoms with van der Waals surface area (Å²) in [6.45, 7) is 9.28. The van der Waals surface area contributed by atoms with Crippen molar-refractivity contribution in [2.24, 2.45) is 0 Å². The van der Waals surface area contributed by atoms with E-state index in [1.54, 1.807) is 11.3 Å². The lowest BCUT2D eigenvalue weighted by atomic mass is 9.80. The lowest BCUT2D eigenvalue weighted by molar-refractivity contribution is 0.170. The van der Waals surface area contributed by atoms with Crippen LogP contribution in [0, 0.1) is 0 Å². The molecule has 2 aromatic heterocycles. The molecule has 0 aliphatic carbocycles. The fraction of sp³-hybridized carbons (Fsp3) is 0.619. The van der Waals surface area contributed by atoms with Crippen molar-refractivity contribution in [3.8, 4) is 10.6 Å². The maximum atomic E-state index is 8.93. The summed E-state index contributed by atoms with van der Waals surface area (Å²) in [7, 11) is 0. The van der Waals surface area contributed by atoms with E-state index in [0.29, 0.717) is 12.0 Å². The molecular formula is C21H32N4OS. The highest BCUT2D eigenvalue weighted by Gasteiger charge is 2.37. The van der Waals surface area contributed by atoms with Crippen molar-refractivity contribution in [1.82, 2.24) is 15.3 Å². The normalized spacial score (nSPS) is 19.1. The molecule has 148 valence electrons. The standard InChI is InChI=1S/C21H32N4OS/c1-20(2)13-15(14-21(3,4)25-20)23-19-22-11-10-17(24-19)18-9-8-16(27-18)7-5-6-12-26/h8-11,15,25-26H,5-7,12-14H2,1-4H3,(H,22,23,24). The van der Waals surface area contributed by atoms with Gasteiger partial charge in [0.15, 0.2) is 0 Å². The minimum absolute atomic E-state index is 0.0915. The van der Waals surface area contributed by atoms with Crippen LogP contribution >= 0.6 is 11.3 Å². The highest BCUT2D eigenvalue weighted by Crippen LogP contribution is 2.31. The fourth-order valence-corrected chi connectivity index (χ4v) is 5.25. The minimum Gasteiger partial charge on any atom is -0.396 e. The maximum Gasteiger partial charge on any atom is 0.223 e. The summed E-state index contributed by atoms with van der Waals surface area (Å²) in [6, 6.07) is 6.64. The molecule has 0 amide bonds. The number of nitrogens with zero attached hydrogens (tertiary/aromatic N) is 2. The molecule has 0 aromatic carbocycles. The Balaban J connectivity index is 1.69. The van der Waals surface area contributed by atoms with E-state index in [-0.39, 0.29) is 17.7 Å². The summed E-state index contributed by atoms with van der Waals surface area (Å²) < 4.78 is 0. The highest BCUT2D eigenvalue weighted by molar-refractivity contribution is 7.15. The van der Waals surface area contributed by atoms with Gasteiger partial charge in [-0.3, -0.25) is 0 Å². The molecule has 27 heavy (non-hydrogen) atoms. The minimum atomic E-state index is 0.0915. The zero-order valence-electron chi connectivity index (χ0n) is 16.9. The van der Waals surface area contributed by atoms with Gasteiger partial charge in [-0.05, 0) is 78.0 Å². The van der Waals surface area contributed by atoms with Gasteiger partial charge < -0.3 is 15.7 Å². The molecule has 1 saturated heterocycles. The van der Waals surface area contributed by atoms with Crippen molar-refractivity contribution in [2.45, 2.75) is 76.9 Å². The van der Waals surface area contributed by atoms with Crippen LogP contribution in [0.25, 0.3) is 10.6 Å². The van der Waals surface area contributed by atoms with Crippen LogP contribution in [0.1, 0.15) is 58.3 Å². The van der Waals surface area contributed by atoms with Gasteiger partial charge in [-0.25, -0.2) is 9.97 Å². The Morgan fingerprint density at radius 1 is 1.15 bits per heavy atom. The Morgan fingerprint density at radius 3 is 2.59 bits per heavy atom. The second kappa shape index (κ2) is 8.25.